The maximum atomic E-state index is 12.7. The minimum Gasteiger partial charge on any atom is -0.478 e. The quantitative estimate of drug-likeness (QED) is 0.780. The number of rotatable bonds is 3. The molecular weight excluding hydrogens is 321 g/mol. The maximum absolute atomic E-state index is 12.7. The number of aromatic nitrogens is 2. The molecule has 7 heteroatoms. The predicted molar refractivity (Wildman–Crippen MR) is 81.0 cm³/mol. The highest BCUT2D eigenvalue weighted by atomic mass is 19.4. The van der Waals surface area contributed by atoms with Crippen LogP contribution < -0.4 is 0 Å². The minimum absolute atomic E-state index is 0.0846. The van der Waals surface area contributed by atoms with Crippen LogP contribution in [0, 0.1) is 0 Å². The maximum Gasteiger partial charge on any atom is 0.416 e. The molecule has 24 heavy (non-hydrogen) atoms. The van der Waals surface area contributed by atoms with Gasteiger partial charge in [0, 0.05) is 5.56 Å². The summed E-state index contributed by atoms with van der Waals surface area (Å²) in [6, 6.07) is 13.1. The molecule has 0 radical (unpaired) electrons. The summed E-state index contributed by atoms with van der Waals surface area (Å²) in [7, 11) is 0. The molecular formula is C17H11F3N2O2. The molecule has 3 rings (SSSR count). The highest BCUT2D eigenvalue weighted by molar-refractivity contribution is 5.95. The topological polar surface area (TPSA) is 55.1 Å². The third-order valence-corrected chi connectivity index (χ3v) is 3.49. The molecule has 0 saturated heterocycles. The van der Waals surface area contributed by atoms with E-state index in [1.807, 2.05) is 0 Å². The number of benzene rings is 2. The van der Waals surface area contributed by atoms with Crippen molar-refractivity contribution in [3.63, 3.8) is 0 Å². The second kappa shape index (κ2) is 5.84. The van der Waals surface area contributed by atoms with Gasteiger partial charge in [-0.2, -0.15) is 18.3 Å². The van der Waals surface area contributed by atoms with Crippen LogP contribution in [0.1, 0.15) is 15.9 Å². The lowest BCUT2D eigenvalue weighted by Crippen LogP contribution is -2.06. The van der Waals surface area contributed by atoms with Gasteiger partial charge in [0.05, 0.1) is 23.1 Å². The molecule has 0 saturated carbocycles. The molecule has 0 amide bonds. The normalized spacial score (nSPS) is 11.5. The Morgan fingerprint density at radius 1 is 1.00 bits per heavy atom. The molecule has 0 fully saturated rings. The average Bonchev–Trinajstić information content (AvgIpc) is 3.00. The zero-order chi connectivity index (χ0) is 17.3. The van der Waals surface area contributed by atoms with Gasteiger partial charge in [0.25, 0.3) is 0 Å². The number of carboxylic acid groups (broad SMARTS) is 1. The molecule has 1 heterocycles. The van der Waals surface area contributed by atoms with Gasteiger partial charge in [-0.05, 0) is 24.3 Å². The van der Waals surface area contributed by atoms with Crippen LogP contribution in [-0.4, -0.2) is 20.9 Å². The summed E-state index contributed by atoms with van der Waals surface area (Å²) in [5.41, 5.74) is 0.289. The van der Waals surface area contributed by atoms with Gasteiger partial charge < -0.3 is 5.11 Å². The zero-order valence-electron chi connectivity index (χ0n) is 12.2. The van der Waals surface area contributed by atoms with Crippen molar-refractivity contribution >= 4 is 5.97 Å². The van der Waals surface area contributed by atoms with Crippen LogP contribution in [0.3, 0.4) is 0 Å². The Morgan fingerprint density at radius 3 is 2.17 bits per heavy atom. The van der Waals surface area contributed by atoms with Crippen LogP contribution in [0.4, 0.5) is 13.2 Å². The summed E-state index contributed by atoms with van der Waals surface area (Å²) in [5, 5.41) is 13.4. The van der Waals surface area contributed by atoms with E-state index in [1.54, 1.807) is 30.3 Å². The highest BCUT2D eigenvalue weighted by Gasteiger charge is 2.30. The smallest absolute Gasteiger partial charge is 0.416 e. The largest absolute Gasteiger partial charge is 0.478 e. The van der Waals surface area contributed by atoms with Crippen molar-refractivity contribution in [2.24, 2.45) is 0 Å². The van der Waals surface area contributed by atoms with E-state index in [-0.39, 0.29) is 11.3 Å². The second-order valence-corrected chi connectivity index (χ2v) is 5.03. The van der Waals surface area contributed by atoms with E-state index in [4.69, 9.17) is 0 Å². The monoisotopic (exact) mass is 332 g/mol. The molecule has 1 aromatic heterocycles. The van der Waals surface area contributed by atoms with E-state index in [0.717, 1.165) is 12.1 Å². The van der Waals surface area contributed by atoms with Crippen molar-refractivity contribution in [3.05, 3.63) is 71.9 Å². The minimum atomic E-state index is -4.45. The van der Waals surface area contributed by atoms with Gasteiger partial charge in [0.15, 0.2) is 0 Å². The molecule has 0 atom stereocenters. The number of para-hydroxylation sites is 1. The molecule has 0 spiro atoms. The molecule has 1 N–H and O–H groups in total. The van der Waals surface area contributed by atoms with E-state index < -0.39 is 17.7 Å². The summed E-state index contributed by atoms with van der Waals surface area (Å²) in [5.74, 6) is -1.20. The summed E-state index contributed by atoms with van der Waals surface area (Å²) < 4.78 is 39.5. The molecule has 4 nitrogen and oxygen atoms in total. The first-order chi connectivity index (χ1) is 11.4. The molecule has 0 aliphatic carbocycles. The Kier molecular flexibility index (Phi) is 3.84. The molecule has 0 bridgehead atoms. The van der Waals surface area contributed by atoms with E-state index in [9.17, 15) is 23.1 Å². The van der Waals surface area contributed by atoms with Crippen LogP contribution in [-0.2, 0) is 6.18 Å². The highest BCUT2D eigenvalue weighted by Crippen LogP contribution is 2.32. The van der Waals surface area contributed by atoms with Gasteiger partial charge in [0.1, 0.15) is 5.56 Å². The molecule has 3 aromatic rings. The van der Waals surface area contributed by atoms with Crippen LogP contribution in [0.5, 0.6) is 0 Å². The van der Waals surface area contributed by atoms with E-state index in [1.165, 1.54) is 23.0 Å². The molecule has 2 aromatic carbocycles. The van der Waals surface area contributed by atoms with Crippen LogP contribution >= 0.6 is 0 Å². The van der Waals surface area contributed by atoms with Crippen LogP contribution in [0.2, 0.25) is 0 Å². The SMILES string of the molecule is O=C(O)c1cnn(-c2ccccc2)c1-c1ccc(C(F)(F)F)cc1. The van der Waals surface area contributed by atoms with Gasteiger partial charge in [-0.1, -0.05) is 30.3 Å². The Labute approximate surface area is 134 Å². The summed E-state index contributed by atoms with van der Waals surface area (Å²) in [6.45, 7) is 0. The average molecular weight is 332 g/mol. The number of carboxylic acids is 1. The first kappa shape index (κ1) is 15.8. The third kappa shape index (κ3) is 2.88. The van der Waals surface area contributed by atoms with Crippen LogP contribution in [0.15, 0.2) is 60.8 Å². The predicted octanol–water partition coefficient (Wildman–Crippen LogP) is 4.26. The lowest BCUT2D eigenvalue weighted by atomic mass is 10.1. The Hall–Kier alpha value is -3.09. The van der Waals surface area contributed by atoms with Crippen LogP contribution in [0.25, 0.3) is 16.9 Å². The number of hydrogen-bond donors (Lipinski definition) is 1. The molecule has 0 aliphatic rings. The standard InChI is InChI=1S/C17H11F3N2O2/c18-17(19,20)12-8-6-11(7-9-12)15-14(16(23)24)10-21-22(15)13-4-2-1-3-5-13/h1-10H,(H,23,24). The van der Waals surface area contributed by atoms with Crippen molar-refractivity contribution in [2.45, 2.75) is 6.18 Å². The summed E-state index contributed by atoms with van der Waals surface area (Å²) >= 11 is 0. The number of nitrogens with zero attached hydrogens (tertiary/aromatic N) is 2. The first-order valence-electron chi connectivity index (χ1n) is 6.92. The van der Waals surface area contributed by atoms with E-state index >= 15 is 0 Å². The fourth-order valence-electron chi connectivity index (χ4n) is 2.36. The fourth-order valence-corrected chi connectivity index (χ4v) is 2.36. The lowest BCUT2D eigenvalue weighted by Gasteiger charge is -2.11. The number of halogens is 3. The lowest BCUT2D eigenvalue weighted by molar-refractivity contribution is -0.137. The van der Waals surface area contributed by atoms with Crippen molar-refractivity contribution in [2.75, 3.05) is 0 Å². The van der Waals surface area contributed by atoms with Crippen molar-refractivity contribution < 1.29 is 23.1 Å². The van der Waals surface area contributed by atoms with Gasteiger partial charge in [-0.25, -0.2) is 9.48 Å². The fraction of sp³-hybridized carbons (Fsp3) is 0.0588. The zero-order valence-corrected chi connectivity index (χ0v) is 12.2. The number of hydrogen-bond acceptors (Lipinski definition) is 2. The van der Waals surface area contributed by atoms with Crippen molar-refractivity contribution in [1.82, 2.24) is 9.78 Å². The van der Waals surface area contributed by atoms with Crippen molar-refractivity contribution in [3.8, 4) is 16.9 Å². The van der Waals surface area contributed by atoms with Gasteiger partial charge in [-0.3, -0.25) is 0 Å². The first-order valence-corrected chi connectivity index (χ1v) is 6.92. The Morgan fingerprint density at radius 2 is 1.62 bits per heavy atom. The van der Waals surface area contributed by atoms with Gasteiger partial charge >= 0.3 is 12.1 Å². The number of aromatic carboxylic acids is 1. The van der Waals surface area contributed by atoms with Gasteiger partial charge in [-0.15, -0.1) is 0 Å². The number of carbonyl (C=O) groups is 1. The van der Waals surface area contributed by atoms with E-state index in [2.05, 4.69) is 5.10 Å². The van der Waals surface area contributed by atoms with E-state index in [0.29, 0.717) is 11.3 Å². The third-order valence-electron chi connectivity index (χ3n) is 3.49. The molecule has 122 valence electrons. The molecule has 0 unspecified atom stereocenters. The Bertz CT molecular complexity index is 869. The van der Waals surface area contributed by atoms with Gasteiger partial charge in [0.2, 0.25) is 0 Å². The number of alkyl halides is 3. The second-order valence-electron chi connectivity index (χ2n) is 5.03. The Balaban J connectivity index is 2.16. The molecule has 0 aliphatic heterocycles. The van der Waals surface area contributed by atoms with Crippen molar-refractivity contribution in [1.29, 1.82) is 0 Å². The summed E-state index contributed by atoms with van der Waals surface area (Å²) in [4.78, 5) is 11.4. The summed E-state index contributed by atoms with van der Waals surface area (Å²) in [6.07, 6.45) is -3.27.